The molecule has 11 heavy (non-hydrogen) atoms. The van der Waals surface area contributed by atoms with Gasteiger partial charge in [0.05, 0.1) is 0 Å². The Kier molecular flexibility index (Phi) is 1.85. The van der Waals surface area contributed by atoms with Crippen LogP contribution in [0.5, 0.6) is 0 Å². The molecule has 0 fully saturated rings. The fourth-order valence-corrected chi connectivity index (χ4v) is 0.691. The molecular weight excluding hydrogens is 155 g/mol. The third kappa shape index (κ3) is 1.93. The Labute approximate surface area is 61.9 Å². The molecule has 1 heterocycles. The maximum absolute atomic E-state index is 11.9. The van der Waals surface area contributed by atoms with Gasteiger partial charge in [0.25, 0.3) is 0 Å². The molecule has 0 spiro atoms. The fraction of sp³-hybridized carbons (Fsp3) is 0.286. The van der Waals surface area contributed by atoms with Gasteiger partial charge in [-0.15, -0.1) is 0 Å². The van der Waals surface area contributed by atoms with Gasteiger partial charge in [-0.2, -0.15) is 13.2 Å². The molecule has 0 aliphatic rings. The van der Waals surface area contributed by atoms with Crippen LogP contribution in [0.2, 0.25) is 0 Å². The Morgan fingerprint density at radius 1 is 1.36 bits per heavy atom. The maximum atomic E-state index is 11.9. The second-order valence-electron chi connectivity index (χ2n) is 2.22. The average molecular weight is 161 g/mol. The Morgan fingerprint density at radius 2 is 2.00 bits per heavy atom. The van der Waals surface area contributed by atoms with Gasteiger partial charge >= 0.3 is 6.18 Å². The lowest BCUT2D eigenvalue weighted by Gasteiger charge is -2.04. The minimum Gasteiger partial charge on any atom is -0.252 e. The first-order valence-corrected chi connectivity index (χ1v) is 3.00. The Morgan fingerprint density at radius 3 is 2.36 bits per heavy atom. The van der Waals surface area contributed by atoms with Crippen LogP contribution < -0.4 is 0 Å². The van der Waals surface area contributed by atoms with E-state index in [1.54, 1.807) is 6.92 Å². The lowest BCUT2D eigenvalue weighted by atomic mass is 10.2. The third-order valence-electron chi connectivity index (χ3n) is 1.21. The molecule has 0 aliphatic carbocycles. The summed E-state index contributed by atoms with van der Waals surface area (Å²) in [4.78, 5) is 3.19. The van der Waals surface area contributed by atoms with Crippen LogP contribution in [0.25, 0.3) is 0 Å². The zero-order valence-electron chi connectivity index (χ0n) is 5.81. The topological polar surface area (TPSA) is 12.9 Å². The molecule has 0 unspecified atom stereocenters. The van der Waals surface area contributed by atoms with Crippen molar-refractivity contribution in [3.8, 4) is 0 Å². The highest BCUT2D eigenvalue weighted by Crippen LogP contribution is 2.27. The van der Waals surface area contributed by atoms with Crippen LogP contribution in [0.3, 0.4) is 0 Å². The summed E-state index contributed by atoms with van der Waals surface area (Å²) in [5.74, 6) is 0. The second-order valence-corrected chi connectivity index (χ2v) is 2.22. The predicted molar refractivity (Wildman–Crippen MR) is 34.0 cm³/mol. The minimum absolute atomic E-state index is 0.562. The van der Waals surface area contributed by atoms with Crippen molar-refractivity contribution < 1.29 is 13.2 Å². The smallest absolute Gasteiger partial charge is 0.252 e. The van der Waals surface area contributed by atoms with Crippen LogP contribution in [-0.2, 0) is 6.18 Å². The molecule has 4 heteroatoms. The number of aromatic nitrogens is 1. The largest absolute Gasteiger partial charge is 0.433 e. The fourth-order valence-electron chi connectivity index (χ4n) is 0.691. The second kappa shape index (κ2) is 2.53. The zero-order chi connectivity index (χ0) is 8.48. The summed E-state index contributed by atoms with van der Waals surface area (Å²) in [5, 5.41) is 0. The van der Waals surface area contributed by atoms with Crippen LogP contribution in [-0.4, -0.2) is 4.98 Å². The number of halogens is 3. The molecule has 0 aromatic carbocycles. The predicted octanol–water partition coefficient (Wildman–Crippen LogP) is 2.41. The first kappa shape index (κ1) is 8.04. The van der Waals surface area contributed by atoms with Gasteiger partial charge in [-0.3, -0.25) is 4.98 Å². The highest BCUT2D eigenvalue weighted by atomic mass is 19.4. The van der Waals surface area contributed by atoms with Crippen LogP contribution in [0.4, 0.5) is 13.2 Å². The van der Waals surface area contributed by atoms with Gasteiger partial charge in [0.15, 0.2) is 0 Å². The standard InChI is InChI=1S/C7H6F3N/c1-5-2-3-11-6(4-5)7(8,9)10/h2-4H,1H3. The van der Waals surface area contributed by atoms with Gasteiger partial charge in [-0.25, -0.2) is 0 Å². The molecule has 0 amide bonds. The van der Waals surface area contributed by atoms with E-state index >= 15 is 0 Å². The maximum Gasteiger partial charge on any atom is 0.433 e. The minimum atomic E-state index is -4.33. The van der Waals surface area contributed by atoms with E-state index in [2.05, 4.69) is 4.98 Å². The number of aryl methyl sites for hydroxylation is 1. The van der Waals surface area contributed by atoms with Crippen LogP contribution in [0.15, 0.2) is 18.3 Å². The molecule has 0 aliphatic heterocycles. The van der Waals surface area contributed by atoms with Gasteiger partial charge in [0.2, 0.25) is 0 Å². The summed E-state index contributed by atoms with van der Waals surface area (Å²) < 4.78 is 35.7. The Balaban J connectivity index is 3.06. The lowest BCUT2D eigenvalue weighted by molar-refractivity contribution is -0.141. The molecule has 1 aromatic rings. The molecule has 0 saturated heterocycles. The van der Waals surface area contributed by atoms with Crippen molar-refractivity contribution in [2.24, 2.45) is 0 Å². The van der Waals surface area contributed by atoms with Crippen molar-refractivity contribution in [2.75, 3.05) is 0 Å². The summed E-state index contributed by atoms with van der Waals surface area (Å²) >= 11 is 0. The molecule has 1 aromatic heterocycles. The normalized spacial score (nSPS) is 11.6. The Hall–Kier alpha value is -1.06. The summed E-state index contributed by atoms with van der Waals surface area (Å²) in [5.41, 5.74) is -0.273. The first-order chi connectivity index (χ1) is 5.00. The highest BCUT2D eigenvalue weighted by Gasteiger charge is 2.31. The lowest BCUT2D eigenvalue weighted by Crippen LogP contribution is -2.07. The van der Waals surface area contributed by atoms with E-state index in [9.17, 15) is 13.2 Å². The molecule has 0 N–H and O–H groups in total. The monoisotopic (exact) mass is 161 g/mol. The first-order valence-electron chi connectivity index (χ1n) is 3.00. The van der Waals surface area contributed by atoms with E-state index in [0.717, 1.165) is 12.3 Å². The Bertz CT molecular complexity index is 254. The molecular formula is C7H6F3N. The van der Waals surface area contributed by atoms with E-state index in [0.29, 0.717) is 5.56 Å². The quantitative estimate of drug-likeness (QED) is 0.569. The summed E-state index contributed by atoms with van der Waals surface area (Å²) in [6, 6.07) is 2.54. The van der Waals surface area contributed by atoms with E-state index in [-0.39, 0.29) is 0 Å². The number of nitrogens with zero attached hydrogens (tertiary/aromatic N) is 1. The van der Waals surface area contributed by atoms with Gasteiger partial charge in [0.1, 0.15) is 5.69 Å². The van der Waals surface area contributed by atoms with Crippen LogP contribution in [0, 0.1) is 6.92 Å². The average Bonchev–Trinajstić information content (AvgIpc) is 1.86. The molecule has 0 atom stereocenters. The number of hydrogen-bond acceptors (Lipinski definition) is 1. The SMILES string of the molecule is Cc1ccnc(C(F)(F)F)c1. The van der Waals surface area contributed by atoms with E-state index in [1.165, 1.54) is 6.07 Å². The van der Waals surface area contributed by atoms with Gasteiger partial charge in [-0.1, -0.05) is 0 Å². The van der Waals surface area contributed by atoms with E-state index in [4.69, 9.17) is 0 Å². The van der Waals surface area contributed by atoms with Gasteiger partial charge < -0.3 is 0 Å². The van der Waals surface area contributed by atoms with Gasteiger partial charge in [0, 0.05) is 6.20 Å². The highest BCUT2D eigenvalue weighted by molar-refractivity contribution is 5.16. The van der Waals surface area contributed by atoms with Gasteiger partial charge in [-0.05, 0) is 24.6 Å². The number of hydrogen-bond donors (Lipinski definition) is 0. The molecule has 1 nitrogen and oxygen atoms in total. The zero-order valence-corrected chi connectivity index (χ0v) is 5.81. The van der Waals surface area contributed by atoms with Crippen LogP contribution >= 0.6 is 0 Å². The van der Waals surface area contributed by atoms with E-state index in [1.807, 2.05) is 0 Å². The summed E-state index contributed by atoms with van der Waals surface area (Å²) in [6.45, 7) is 1.59. The third-order valence-corrected chi connectivity index (χ3v) is 1.21. The van der Waals surface area contributed by atoms with Crippen molar-refractivity contribution in [3.05, 3.63) is 29.6 Å². The number of pyridine rings is 1. The molecule has 0 saturated carbocycles. The molecule has 60 valence electrons. The summed E-state index contributed by atoms with van der Waals surface area (Å²) in [6.07, 6.45) is -3.18. The van der Waals surface area contributed by atoms with Crippen molar-refractivity contribution in [3.63, 3.8) is 0 Å². The molecule has 0 bridgehead atoms. The molecule has 0 radical (unpaired) electrons. The van der Waals surface area contributed by atoms with Crippen molar-refractivity contribution in [1.82, 2.24) is 4.98 Å². The molecule has 1 rings (SSSR count). The van der Waals surface area contributed by atoms with Crippen molar-refractivity contribution >= 4 is 0 Å². The van der Waals surface area contributed by atoms with Crippen molar-refractivity contribution in [2.45, 2.75) is 13.1 Å². The number of rotatable bonds is 0. The van der Waals surface area contributed by atoms with Crippen molar-refractivity contribution in [1.29, 1.82) is 0 Å². The number of alkyl halides is 3. The van der Waals surface area contributed by atoms with Crippen LogP contribution in [0.1, 0.15) is 11.3 Å². The van der Waals surface area contributed by atoms with E-state index < -0.39 is 11.9 Å². The summed E-state index contributed by atoms with van der Waals surface area (Å²) in [7, 11) is 0.